The normalized spacial score (nSPS) is 16.5. The maximum Gasteiger partial charge on any atom is 0.262 e. The van der Waals surface area contributed by atoms with Crippen molar-refractivity contribution in [3.8, 4) is 5.75 Å². The van der Waals surface area contributed by atoms with Gasteiger partial charge in [-0.2, -0.15) is 5.10 Å². The number of carbonyl (C=O) groups excluding carboxylic acids is 1. The Morgan fingerprint density at radius 3 is 3.19 bits per heavy atom. The van der Waals surface area contributed by atoms with Crippen molar-refractivity contribution in [1.82, 2.24) is 20.1 Å². The molecule has 2 heterocycles. The van der Waals surface area contributed by atoms with Gasteiger partial charge in [-0.05, 0) is 12.1 Å². The second-order valence-electron chi connectivity index (χ2n) is 4.86. The molecule has 2 N–H and O–H groups in total. The van der Waals surface area contributed by atoms with E-state index in [0.717, 1.165) is 5.69 Å². The molecule has 1 unspecified atom stereocenters. The molecule has 1 aliphatic rings. The van der Waals surface area contributed by atoms with Crippen LogP contribution < -0.4 is 15.4 Å². The predicted octanol–water partition coefficient (Wildman–Crippen LogP) is 0.347. The van der Waals surface area contributed by atoms with E-state index in [0.29, 0.717) is 31.1 Å². The number of aryl methyl sites for hydroxylation is 1. The van der Waals surface area contributed by atoms with Gasteiger partial charge in [0, 0.05) is 20.0 Å². The Hall–Kier alpha value is -2.57. The number of aromatic nitrogens is 3. The van der Waals surface area contributed by atoms with Crippen LogP contribution in [0.5, 0.6) is 5.75 Å². The molecule has 1 aromatic heterocycles. The van der Waals surface area contributed by atoms with Crippen molar-refractivity contribution < 1.29 is 9.53 Å². The van der Waals surface area contributed by atoms with Crippen molar-refractivity contribution >= 4 is 11.6 Å². The molecule has 0 saturated carbocycles. The third kappa shape index (κ3) is 3.13. The van der Waals surface area contributed by atoms with E-state index in [1.165, 1.54) is 0 Å². The number of fused-ring (bicyclic) bond motifs is 1. The van der Waals surface area contributed by atoms with Crippen LogP contribution in [0.4, 0.5) is 5.69 Å². The smallest absolute Gasteiger partial charge is 0.262 e. The summed E-state index contributed by atoms with van der Waals surface area (Å²) in [5.74, 6) is 1.29. The fraction of sp³-hybridized carbons (Fsp3) is 0.357. The molecule has 7 nitrogen and oxygen atoms in total. The summed E-state index contributed by atoms with van der Waals surface area (Å²) in [7, 11) is 1.81. The number of nitrogens with zero attached hydrogens (tertiary/aromatic N) is 3. The van der Waals surface area contributed by atoms with E-state index in [-0.39, 0.29) is 5.91 Å². The number of hydrogen-bond acceptors (Lipinski definition) is 5. The minimum absolute atomic E-state index is 0.132. The van der Waals surface area contributed by atoms with Crippen LogP contribution in [0, 0.1) is 0 Å². The summed E-state index contributed by atoms with van der Waals surface area (Å²) in [5.41, 5.74) is 0.916. The summed E-state index contributed by atoms with van der Waals surface area (Å²) in [6.07, 6.45) is 1.72. The molecular weight excluding hydrogens is 270 g/mol. The zero-order chi connectivity index (χ0) is 14.7. The van der Waals surface area contributed by atoms with Gasteiger partial charge in [-0.15, -0.1) is 0 Å². The minimum Gasteiger partial charge on any atom is -0.477 e. The van der Waals surface area contributed by atoms with Crippen molar-refractivity contribution in [1.29, 1.82) is 0 Å². The van der Waals surface area contributed by atoms with E-state index in [2.05, 4.69) is 20.7 Å². The first-order valence-electron chi connectivity index (χ1n) is 6.84. The number of rotatable bonds is 4. The van der Waals surface area contributed by atoms with E-state index in [1.54, 1.807) is 11.0 Å². The summed E-state index contributed by atoms with van der Waals surface area (Å²) in [4.78, 5) is 16.2. The first-order chi connectivity index (χ1) is 10.2. The molecule has 0 saturated heterocycles. The standard InChI is InChI=1S/C14H17N5O2/c1-19-9-17-13(18-19)6-7-15-14(20)12-8-16-10-4-2-3-5-11(10)21-12/h2-5,9,12,16H,6-8H2,1H3,(H,15,20). The minimum atomic E-state index is -0.517. The second-order valence-corrected chi connectivity index (χ2v) is 4.86. The molecule has 0 aliphatic carbocycles. The molecular formula is C14H17N5O2. The Morgan fingerprint density at radius 1 is 1.52 bits per heavy atom. The fourth-order valence-corrected chi connectivity index (χ4v) is 2.17. The maximum atomic E-state index is 12.1. The molecule has 0 fully saturated rings. The van der Waals surface area contributed by atoms with Crippen molar-refractivity contribution in [3.05, 3.63) is 36.4 Å². The zero-order valence-corrected chi connectivity index (χ0v) is 11.7. The summed E-state index contributed by atoms with van der Waals surface area (Å²) >= 11 is 0. The Bertz CT molecular complexity index is 640. The summed E-state index contributed by atoms with van der Waals surface area (Å²) < 4.78 is 7.33. The average molecular weight is 287 g/mol. The van der Waals surface area contributed by atoms with Gasteiger partial charge < -0.3 is 15.4 Å². The van der Waals surface area contributed by atoms with E-state index in [1.807, 2.05) is 31.3 Å². The molecule has 2 aromatic rings. The Morgan fingerprint density at radius 2 is 2.38 bits per heavy atom. The Kier molecular flexibility index (Phi) is 3.72. The topological polar surface area (TPSA) is 81.1 Å². The quantitative estimate of drug-likeness (QED) is 0.848. The highest BCUT2D eigenvalue weighted by Crippen LogP contribution is 2.28. The molecule has 1 amide bonds. The van der Waals surface area contributed by atoms with Crippen LogP contribution in [0.3, 0.4) is 0 Å². The van der Waals surface area contributed by atoms with Crippen LogP contribution in [-0.4, -0.2) is 39.9 Å². The van der Waals surface area contributed by atoms with Crippen LogP contribution in [0.25, 0.3) is 0 Å². The largest absolute Gasteiger partial charge is 0.477 e. The van der Waals surface area contributed by atoms with E-state index in [9.17, 15) is 4.79 Å². The first kappa shape index (κ1) is 13.4. The molecule has 1 aliphatic heterocycles. The number of carbonyl (C=O) groups is 1. The van der Waals surface area contributed by atoms with E-state index in [4.69, 9.17) is 4.74 Å². The maximum absolute atomic E-state index is 12.1. The third-order valence-electron chi connectivity index (χ3n) is 3.22. The number of para-hydroxylation sites is 2. The average Bonchev–Trinajstić information content (AvgIpc) is 2.92. The molecule has 1 atom stereocenters. The van der Waals surface area contributed by atoms with Crippen molar-refractivity contribution in [2.75, 3.05) is 18.4 Å². The van der Waals surface area contributed by atoms with E-state index < -0.39 is 6.10 Å². The lowest BCUT2D eigenvalue weighted by Gasteiger charge is -2.26. The lowest BCUT2D eigenvalue weighted by molar-refractivity contribution is -0.127. The van der Waals surface area contributed by atoms with Gasteiger partial charge in [0.05, 0.1) is 12.2 Å². The number of ether oxygens (including phenoxy) is 1. The van der Waals surface area contributed by atoms with Gasteiger partial charge in [-0.25, -0.2) is 4.98 Å². The van der Waals surface area contributed by atoms with Crippen molar-refractivity contribution in [3.63, 3.8) is 0 Å². The van der Waals surface area contributed by atoms with Crippen LogP contribution in [0.15, 0.2) is 30.6 Å². The molecule has 21 heavy (non-hydrogen) atoms. The number of amides is 1. The number of benzene rings is 1. The predicted molar refractivity (Wildman–Crippen MR) is 77.1 cm³/mol. The number of hydrogen-bond donors (Lipinski definition) is 2. The lowest BCUT2D eigenvalue weighted by Crippen LogP contribution is -2.45. The highest BCUT2D eigenvalue weighted by molar-refractivity contribution is 5.83. The van der Waals surface area contributed by atoms with Crippen LogP contribution >= 0.6 is 0 Å². The highest BCUT2D eigenvalue weighted by atomic mass is 16.5. The molecule has 0 bridgehead atoms. The van der Waals surface area contributed by atoms with Gasteiger partial charge in [0.15, 0.2) is 11.9 Å². The summed E-state index contributed by atoms with van der Waals surface area (Å²) in [6.45, 7) is 0.953. The van der Waals surface area contributed by atoms with Crippen LogP contribution in [-0.2, 0) is 18.3 Å². The second kappa shape index (κ2) is 5.82. The van der Waals surface area contributed by atoms with Gasteiger partial charge in [-0.3, -0.25) is 9.48 Å². The van der Waals surface area contributed by atoms with Crippen molar-refractivity contribution in [2.45, 2.75) is 12.5 Å². The van der Waals surface area contributed by atoms with Crippen LogP contribution in [0.1, 0.15) is 5.82 Å². The molecule has 0 spiro atoms. The molecule has 1 aromatic carbocycles. The summed E-state index contributed by atoms with van der Waals surface area (Å²) in [6, 6.07) is 7.58. The highest BCUT2D eigenvalue weighted by Gasteiger charge is 2.25. The zero-order valence-electron chi connectivity index (χ0n) is 11.7. The Labute approximate surface area is 122 Å². The van der Waals surface area contributed by atoms with Gasteiger partial charge in [0.25, 0.3) is 5.91 Å². The fourth-order valence-electron chi connectivity index (χ4n) is 2.17. The molecule has 7 heteroatoms. The monoisotopic (exact) mass is 287 g/mol. The van der Waals surface area contributed by atoms with Crippen molar-refractivity contribution in [2.24, 2.45) is 7.05 Å². The lowest BCUT2D eigenvalue weighted by atomic mass is 10.2. The van der Waals surface area contributed by atoms with Gasteiger partial charge >= 0.3 is 0 Å². The molecule has 0 radical (unpaired) electrons. The Balaban J connectivity index is 1.50. The molecule has 110 valence electrons. The van der Waals surface area contributed by atoms with E-state index >= 15 is 0 Å². The number of nitrogens with one attached hydrogen (secondary N) is 2. The van der Waals surface area contributed by atoms with Gasteiger partial charge in [0.1, 0.15) is 12.1 Å². The third-order valence-corrected chi connectivity index (χ3v) is 3.22. The first-order valence-corrected chi connectivity index (χ1v) is 6.84. The SMILES string of the molecule is Cn1cnc(CCNC(=O)C2CNc3ccccc3O2)n1. The van der Waals surface area contributed by atoms with Crippen LogP contribution in [0.2, 0.25) is 0 Å². The number of anilines is 1. The molecule has 3 rings (SSSR count). The van der Waals surface area contributed by atoms with Gasteiger partial charge in [0.2, 0.25) is 0 Å². The van der Waals surface area contributed by atoms with Gasteiger partial charge in [-0.1, -0.05) is 12.1 Å². The summed E-state index contributed by atoms with van der Waals surface area (Å²) in [5, 5.41) is 10.2.